The van der Waals surface area contributed by atoms with Crippen molar-refractivity contribution in [1.29, 1.82) is 0 Å². The van der Waals surface area contributed by atoms with E-state index in [9.17, 15) is 0 Å². The number of unbranched alkanes of at least 4 members (excludes halogenated alkanes) is 11. The minimum absolute atomic E-state index is 0.141. The molecule has 0 bridgehead atoms. The Hall–Kier alpha value is 0.137. The normalized spacial score (nSPS) is 12.0. The summed E-state index contributed by atoms with van der Waals surface area (Å²) < 4.78 is 10.5. The lowest BCUT2D eigenvalue weighted by Gasteiger charge is -2.12. The monoisotopic (exact) mass is 302 g/mol. The molecule has 0 saturated carbocycles. The summed E-state index contributed by atoms with van der Waals surface area (Å²) in [6, 6.07) is 1.36. The van der Waals surface area contributed by atoms with Gasteiger partial charge in [-0.15, -0.1) is 0 Å². The summed E-state index contributed by atoms with van der Waals surface area (Å²) in [6.07, 6.45) is 17.2. The zero-order chi connectivity index (χ0) is 14.9. The van der Waals surface area contributed by atoms with Crippen molar-refractivity contribution in [1.82, 2.24) is 0 Å². The van der Waals surface area contributed by atoms with E-state index < -0.39 is 0 Å². The van der Waals surface area contributed by atoms with Crippen molar-refractivity contribution < 1.29 is 9.47 Å². The van der Waals surface area contributed by atoms with Gasteiger partial charge in [-0.05, 0) is 0 Å². The Bertz CT molecular complexity index is 172. The molecule has 20 heavy (non-hydrogen) atoms. The van der Waals surface area contributed by atoms with Crippen LogP contribution in [0.4, 0.5) is 0 Å². The molecule has 0 heterocycles. The summed E-state index contributed by atoms with van der Waals surface area (Å²) in [6.45, 7) is 2.28. The van der Waals surface area contributed by atoms with E-state index in [-0.39, 0.29) is 15.4 Å². The zero-order valence-electron chi connectivity index (χ0n) is 14.3. The van der Waals surface area contributed by atoms with Crippen LogP contribution >= 0.6 is 0 Å². The van der Waals surface area contributed by atoms with E-state index in [1.165, 1.54) is 83.1 Å². The first-order valence-electron chi connectivity index (χ1n) is 8.90. The molecule has 0 atom stereocenters. The van der Waals surface area contributed by atoms with Crippen molar-refractivity contribution in [2.75, 3.05) is 14.2 Å². The van der Waals surface area contributed by atoms with Crippen LogP contribution in [0.15, 0.2) is 0 Å². The third kappa shape index (κ3) is 14.5. The van der Waals surface area contributed by atoms with Crippen LogP contribution in [0.25, 0.3) is 0 Å². The van der Waals surface area contributed by atoms with E-state index in [4.69, 9.17) is 9.47 Å². The van der Waals surface area contributed by atoms with Crippen LogP contribution < -0.4 is 0 Å². The number of hydrogen-bond acceptors (Lipinski definition) is 2. The van der Waals surface area contributed by atoms with Crippen LogP contribution in [0.2, 0.25) is 6.04 Å². The highest BCUT2D eigenvalue weighted by molar-refractivity contribution is 6.36. The lowest BCUT2D eigenvalue weighted by atomic mass is 10.1. The second-order valence-electron chi connectivity index (χ2n) is 5.93. The largest absolute Gasteiger partial charge is 0.360 e. The molecule has 0 rings (SSSR count). The Balaban J connectivity index is 3.02. The van der Waals surface area contributed by atoms with Gasteiger partial charge in [0.25, 0.3) is 0 Å². The third-order valence-electron chi connectivity index (χ3n) is 4.07. The van der Waals surface area contributed by atoms with Gasteiger partial charge in [-0.3, -0.25) is 0 Å². The average molecular weight is 303 g/mol. The van der Waals surface area contributed by atoms with Gasteiger partial charge in [-0.2, -0.15) is 0 Å². The third-order valence-corrected chi connectivity index (χ3v) is 6.12. The first-order valence-corrected chi connectivity index (χ1v) is 10.7. The molecule has 0 unspecified atom stereocenters. The fourth-order valence-electron chi connectivity index (χ4n) is 2.66. The first kappa shape index (κ1) is 20.1. The first-order chi connectivity index (χ1) is 9.85. The lowest BCUT2D eigenvalue weighted by Crippen LogP contribution is -2.20. The second kappa shape index (κ2) is 17.2. The lowest BCUT2D eigenvalue weighted by molar-refractivity contribution is -0.0441. The van der Waals surface area contributed by atoms with Gasteiger partial charge in [0.15, 0.2) is 0 Å². The van der Waals surface area contributed by atoms with Crippen LogP contribution in [-0.4, -0.2) is 29.7 Å². The van der Waals surface area contributed by atoms with E-state index in [0.29, 0.717) is 0 Å². The topological polar surface area (TPSA) is 18.5 Å². The summed E-state index contributed by atoms with van der Waals surface area (Å²) >= 11 is 0. The molecule has 0 aromatic heterocycles. The quantitative estimate of drug-likeness (QED) is 0.230. The second-order valence-corrected chi connectivity index (χ2v) is 7.88. The van der Waals surface area contributed by atoms with E-state index in [0.717, 1.165) is 0 Å². The molecule has 0 amide bonds. The minimum atomic E-state index is -0.177. The smallest absolute Gasteiger partial charge is 0.134 e. The van der Waals surface area contributed by atoms with Gasteiger partial charge in [0.1, 0.15) is 5.91 Å². The maximum Gasteiger partial charge on any atom is 0.134 e. The highest BCUT2D eigenvalue weighted by Gasteiger charge is 2.04. The van der Waals surface area contributed by atoms with Crippen LogP contribution in [0.5, 0.6) is 0 Å². The van der Waals surface area contributed by atoms with Crippen molar-refractivity contribution in [2.45, 2.75) is 95.9 Å². The van der Waals surface area contributed by atoms with Crippen LogP contribution in [0.1, 0.15) is 84.0 Å². The van der Waals surface area contributed by atoms with E-state index in [1.54, 1.807) is 14.2 Å². The molecule has 0 saturated heterocycles. The molecule has 0 N–H and O–H groups in total. The molecule has 0 spiro atoms. The Kier molecular flexibility index (Phi) is 17.3. The Morgan fingerprint density at radius 1 is 0.650 bits per heavy atom. The van der Waals surface area contributed by atoms with Gasteiger partial charge in [-0.1, -0.05) is 90.0 Å². The Morgan fingerprint density at radius 3 is 1.45 bits per heavy atom. The highest BCUT2D eigenvalue weighted by atomic mass is 28.2. The van der Waals surface area contributed by atoms with Crippen molar-refractivity contribution in [3.63, 3.8) is 0 Å². The van der Waals surface area contributed by atoms with Gasteiger partial charge in [0.2, 0.25) is 0 Å². The molecule has 0 radical (unpaired) electrons. The predicted molar refractivity (Wildman–Crippen MR) is 92.2 cm³/mol. The summed E-state index contributed by atoms with van der Waals surface area (Å²) in [4.78, 5) is 0. The van der Waals surface area contributed by atoms with E-state index >= 15 is 0 Å². The van der Waals surface area contributed by atoms with E-state index in [2.05, 4.69) is 6.92 Å². The standard InChI is InChI=1S/C17H38O2Si/c1-4-5-6-7-8-9-10-11-12-13-14-15-16-20-17(18-2)19-3/h17H,4-16,20H2,1-3H3. The van der Waals surface area contributed by atoms with Gasteiger partial charge < -0.3 is 9.47 Å². The average Bonchev–Trinajstić information content (AvgIpc) is 2.48. The molecule has 0 aliphatic heterocycles. The molecule has 2 nitrogen and oxygen atoms in total. The molecule has 0 aromatic carbocycles. The van der Waals surface area contributed by atoms with Crippen LogP contribution in [0, 0.1) is 0 Å². The Morgan fingerprint density at radius 2 is 1.05 bits per heavy atom. The molecule has 122 valence electrons. The molecule has 0 aromatic rings. The summed E-state index contributed by atoms with van der Waals surface area (Å²) in [5.74, 6) is 0.141. The minimum Gasteiger partial charge on any atom is -0.360 e. The van der Waals surface area contributed by atoms with Gasteiger partial charge in [-0.25, -0.2) is 0 Å². The SMILES string of the molecule is CCCCCCCCCCCCCC[SiH2]C(OC)OC. The molecule has 0 aliphatic carbocycles. The fourth-order valence-corrected chi connectivity index (χ4v) is 4.11. The molecular weight excluding hydrogens is 264 g/mol. The van der Waals surface area contributed by atoms with Crippen molar-refractivity contribution in [3.05, 3.63) is 0 Å². The fraction of sp³-hybridized carbons (Fsp3) is 1.00. The predicted octanol–water partition coefficient (Wildman–Crippen LogP) is 4.85. The van der Waals surface area contributed by atoms with Gasteiger partial charge in [0.05, 0.1) is 9.52 Å². The van der Waals surface area contributed by atoms with Crippen molar-refractivity contribution in [2.24, 2.45) is 0 Å². The Labute approximate surface area is 129 Å². The van der Waals surface area contributed by atoms with Crippen LogP contribution in [-0.2, 0) is 9.47 Å². The van der Waals surface area contributed by atoms with Gasteiger partial charge >= 0.3 is 0 Å². The summed E-state index contributed by atoms with van der Waals surface area (Å²) in [5, 5.41) is 0. The molecule has 0 aliphatic rings. The number of rotatable bonds is 16. The van der Waals surface area contributed by atoms with Crippen molar-refractivity contribution >= 4 is 9.52 Å². The number of hydrogen-bond donors (Lipinski definition) is 0. The maximum absolute atomic E-state index is 5.25. The molecule has 3 heteroatoms. The maximum atomic E-state index is 5.25. The summed E-state index contributed by atoms with van der Waals surface area (Å²) in [7, 11) is 3.33. The van der Waals surface area contributed by atoms with Crippen LogP contribution in [0.3, 0.4) is 0 Å². The van der Waals surface area contributed by atoms with E-state index in [1.807, 2.05) is 0 Å². The molecule has 0 fully saturated rings. The van der Waals surface area contributed by atoms with Gasteiger partial charge in [0, 0.05) is 14.2 Å². The molecular formula is C17H38O2Si. The van der Waals surface area contributed by atoms with Crippen molar-refractivity contribution in [3.8, 4) is 0 Å². The highest BCUT2D eigenvalue weighted by Crippen LogP contribution is 2.12. The summed E-state index contributed by atoms with van der Waals surface area (Å²) in [5.41, 5.74) is 0. The number of ether oxygens (including phenoxy) is 2. The number of methoxy groups -OCH3 is 2. The zero-order valence-corrected chi connectivity index (χ0v) is 15.7.